The summed E-state index contributed by atoms with van der Waals surface area (Å²) < 4.78 is 0. The van der Waals surface area contributed by atoms with Gasteiger partial charge in [0.2, 0.25) is 0 Å². The van der Waals surface area contributed by atoms with Gasteiger partial charge in [0.15, 0.2) is 0 Å². The first-order valence-electron chi connectivity index (χ1n) is 4.16. The van der Waals surface area contributed by atoms with E-state index >= 15 is 0 Å². The van der Waals surface area contributed by atoms with E-state index in [-0.39, 0.29) is 0 Å². The molecule has 0 aromatic heterocycles. The molecule has 1 atom stereocenters. The predicted octanol–water partition coefficient (Wildman–Crippen LogP) is 2.76. The lowest BCUT2D eigenvalue weighted by molar-refractivity contribution is 0.659. The third-order valence-electron chi connectivity index (χ3n) is 1.47. The van der Waals surface area contributed by atoms with Gasteiger partial charge in [0, 0.05) is 12.8 Å². The van der Waals surface area contributed by atoms with Gasteiger partial charge in [-0.2, -0.15) is 0 Å². The average molecular weight is 141 g/mol. The summed E-state index contributed by atoms with van der Waals surface area (Å²) >= 11 is 0. The summed E-state index contributed by atoms with van der Waals surface area (Å²) in [4.78, 5) is 4.32. The van der Waals surface area contributed by atoms with E-state index in [0.29, 0.717) is 11.8 Å². The van der Waals surface area contributed by atoms with E-state index in [1.807, 2.05) is 0 Å². The molecule has 0 aromatic carbocycles. The lowest BCUT2D eigenvalue weighted by atomic mass is 10.1. The molecule has 0 aliphatic carbocycles. The van der Waals surface area contributed by atoms with Gasteiger partial charge in [-0.3, -0.25) is 4.99 Å². The van der Waals surface area contributed by atoms with Gasteiger partial charge in [-0.1, -0.05) is 27.7 Å². The normalized spacial score (nSPS) is 14.9. The lowest BCUT2D eigenvalue weighted by Gasteiger charge is -2.00. The van der Waals surface area contributed by atoms with Gasteiger partial charge in [-0.25, -0.2) is 0 Å². The number of nitrogens with zero attached hydrogens (tertiary/aromatic N) is 1. The van der Waals surface area contributed by atoms with Crippen molar-refractivity contribution in [2.45, 2.75) is 34.1 Å². The first-order chi connectivity index (χ1) is 4.66. The SMILES string of the molecule is CCC(C)C=NCC(C)C. The number of aliphatic imine (C=N–C) groups is 1. The van der Waals surface area contributed by atoms with E-state index < -0.39 is 0 Å². The van der Waals surface area contributed by atoms with Gasteiger partial charge in [-0.05, 0) is 18.3 Å². The summed E-state index contributed by atoms with van der Waals surface area (Å²) in [5.41, 5.74) is 0. The number of hydrogen-bond donors (Lipinski definition) is 0. The quantitative estimate of drug-likeness (QED) is 0.534. The minimum atomic E-state index is 0.652. The smallest absolute Gasteiger partial charge is 0.0408 e. The molecule has 0 amide bonds. The van der Waals surface area contributed by atoms with E-state index in [0.717, 1.165) is 6.54 Å². The summed E-state index contributed by atoms with van der Waals surface area (Å²) in [6.07, 6.45) is 3.27. The zero-order valence-corrected chi connectivity index (χ0v) is 7.59. The molecule has 0 aromatic rings. The van der Waals surface area contributed by atoms with Crippen LogP contribution in [0.15, 0.2) is 4.99 Å². The Hall–Kier alpha value is -0.330. The van der Waals surface area contributed by atoms with Gasteiger partial charge in [-0.15, -0.1) is 0 Å². The van der Waals surface area contributed by atoms with Crippen molar-refractivity contribution >= 4 is 6.21 Å². The Labute approximate surface area is 64.6 Å². The molecule has 0 N–H and O–H groups in total. The molecule has 0 radical (unpaired) electrons. The molecule has 0 saturated heterocycles. The molecule has 0 heterocycles. The van der Waals surface area contributed by atoms with Gasteiger partial charge in [0.1, 0.15) is 0 Å². The molecule has 1 unspecified atom stereocenters. The molecular formula is C9H19N. The zero-order valence-electron chi connectivity index (χ0n) is 7.59. The third kappa shape index (κ3) is 5.80. The summed E-state index contributed by atoms with van der Waals surface area (Å²) in [5.74, 6) is 1.35. The highest BCUT2D eigenvalue weighted by Gasteiger charge is 1.92. The van der Waals surface area contributed by atoms with Crippen LogP contribution in [0.2, 0.25) is 0 Å². The fourth-order valence-electron chi connectivity index (χ4n) is 0.557. The Morgan fingerprint density at radius 2 is 1.90 bits per heavy atom. The summed E-state index contributed by atoms with van der Waals surface area (Å²) in [6.45, 7) is 9.74. The second-order valence-corrected chi connectivity index (χ2v) is 3.29. The molecule has 60 valence electrons. The van der Waals surface area contributed by atoms with Crippen molar-refractivity contribution in [3.05, 3.63) is 0 Å². The van der Waals surface area contributed by atoms with Crippen LogP contribution in [-0.4, -0.2) is 12.8 Å². The number of rotatable bonds is 4. The van der Waals surface area contributed by atoms with Crippen molar-refractivity contribution in [2.24, 2.45) is 16.8 Å². The van der Waals surface area contributed by atoms with Crippen LogP contribution in [0.1, 0.15) is 34.1 Å². The summed E-state index contributed by atoms with van der Waals surface area (Å²) in [7, 11) is 0. The van der Waals surface area contributed by atoms with Gasteiger partial charge in [0.05, 0.1) is 0 Å². The van der Waals surface area contributed by atoms with E-state index in [9.17, 15) is 0 Å². The fraction of sp³-hybridized carbons (Fsp3) is 0.889. The van der Waals surface area contributed by atoms with Crippen LogP contribution in [0.4, 0.5) is 0 Å². The highest BCUT2D eigenvalue weighted by atomic mass is 14.7. The van der Waals surface area contributed by atoms with E-state index in [1.54, 1.807) is 0 Å². The lowest BCUT2D eigenvalue weighted by Crippen LogP contribution is -1.97. The second kappa shape index (κ2) is 5.45. The summed E-state index contributed by atoms with van der Waals surface area (Å²) in [5, 5.41) is 0. The Bertz CT molecular complexity index is 94.9. The first-order valence-corrected chi connectivity index (χ1v) is 4.16. The van der Waals surface area contributed by atoms with Crippen molar-refractivity contribution in [3.63, 3.8) is 0 Å². The van der Waals surface area contributed by atoms with Crippen LogP contribution >= 0.6 is 0 Å². The molecule has 1 nitrogen and oxygen atoms in total. The largest absolute Gasteiger partial charge is 0.297 e. The highest BCUT2D eigenvalue weighted by molar-refractivity contribution is 5.59. The molecule has 0 spiro atoms. The minimum Gasteiger partial charge on any atom is -0.297 e. The zero-order chi connectivity index (χ0) is 7.98. The highest BCUT2D eigenvalue weighted by Crippen LogP contribution is 1.97. The van der Waals surface area contributed by atoms with Crippen LogP contribution in [0, 0.1) is 11.8 Å². The Balaban J connectivity index is 3.36. The van der Waals surface area contributed by atoms with Crippen LogP contribution < -0.4 is 0 Å². The van der Waals surface area contributed by atoms with Crippen molar-refractivity contribution in [2.75, 3.05) is 6.54 Å². The molecule has 0 saturated carbocycles. The molecule has 0 fully saturated rings. The molecule has 0 bridgehead atoms. The Morgan fingerprint density at radius 1 is 1.30 bits per heavy atom. The topological polar surface area (TPSA) is 12.4 Å². The van der Waals surface area contributed by atoms with Gasteiger partial charge < -0.3 is 0 Å². The molecule has 0 aliphatic rings. The van der Waals surface area contributed by atoms with Crippen LogP contribution in [0.3, 0.4) is 0 Å². The molecule has 1 heteroatoms. The average Bonchev–Trinajstić information content (AvgIpc) is 1.87. The van der Waals surface area contributed by atoms with Crippen molar-refractivity contribution in [1.82, 2.24) is 0 Å². The minimum absolute atomic E-state index is 0.652. The number of hydrogen-bond acceptors (Lipinski definition) is 1. The van der Waals surface area contributed by atoms with Crippen molar-refractivity contribution in [1.29, 1.82) is 0 Å². The second-order valence-electron chi connectivity index (χ2n) is 3.29. The van der Waals surface area contributed by atoms with Gasteiger partial charge >= 0.3 is 0 Å². The maximum atomic E-state index is 4.32. The van der Waals surface area contributed by atoms with Crippen LogP contribution in [0.5, 0.6) is 0 Å². The third-order valence-corrected chi connectivity index (χ3v) is 1.47. The Kier molecular flexibility index (Phi) is 5.27. The predicted molar refractivity (Wildman–Crippen MR) is 47.7 cm³/mol. The maximum Gasteiger partial charge on any atom is 0.0408 e. The van der Waals surface area contributed by atoms with Crippen LogP contribution in [-0.2, 0) is 0 Å². The molecular weight excluding hydrogens is 122 g/mol. The maximum absolute atomic E-state index is 4.32. The summed E-state index contributed by atoms with van der Waals surface area (Å²) in [6, 6.07) is 0. The van der Waals surface area contributed by atoms with Gasteiger partial charge in [0.25, 0.3) is 0 Å². The Morgan fingerprint density at radius 3 is 2.30 bits per heavy atom. The van der Waals surface area contributed by atoms with Crippen LogP contribution in [0.25, 0.3) is 0 Å². The standard InChI is InChI=1S/C9H19N/c1-5-9(4)7-10-6-8(2)3/h7-9H,5-6H2,1-4H3. The van der Waals surface area contributed by atoms with Crippen molar-refractivity contribution in [3.8, 4) is 0 Å². The van der Waals surface area contributed by atoms with E-state index in [2.05, 4.69) is 38.9 Å². The first kappa shape index (κ1) is 9.67. The fourth-order valence-corrected chi connectivity index (χ4v) is 0.557. The van der Waals surface area contributed by atoms with Crippen molar-refractivity contribution < 1.29 is 0 Å². The molecule has 0 rings (SSSR count). The van der Waals surface area contributed by atoms with E-state index in [4.69, 9.17) is 0 Å². The molecule has 10 heavy (non-hydrogen) atoms. The van der Waals surface area contributed by atoms with E-state index in [1.165, 1.54) is 6.42 Å². The molecule has 0 aliphatic heterocycles. The monoisotopic (exact) mass is 141 g/mol.